The van der Waals surface area contributed by atoms with E-state index in [4.69, 9.17) is 22.7 Å². The fraction of sp³-hybridized carbons (Fsp3) is 0.154. The van der Waals surface area contributed by atoms with Gasteiger partial charge in [-0.3, -0.25) is 0 Å². The number of rotatable bonds is 4. The van der Waals surface area contributed by atoms with E-state index >= 15 is 0 Å². The quantitative estimate of drug-likeness (QED) is 0.859. The largest absolute Gasteiger partial charge is 0.495 e. The van der Waals surface area contributed by atoms with Crippen molar-refractivity contribution >= 4 is 28.8 Å². The molecule has 5 nitrogen and oxygen atoms in total. The highest BCUT2D eigenvalue weighted by atomic mass is 32.1. The van der Waals surface area contributed by atoms with Gasteiger partial charge in [-0.2, -0.15) is 0 Å². The molecule has 0 atom stereocenters. The van der Waals surface area contributed by atoms with E-state index < -0.39 is 0 Å². The van der Waals surface area contributed by atoms with E-state index in [-0.39, 0.29) is 4.99 Å². The van der Waals surface area contributed by atoms with Gasteiger partial charge in [0, 0.05) is 13.2 Å². The second-order valence-corrected chi connectivity index (χ2v) is 4.28. The zero-order valence-electron chi connectivity index (χ0n) is 10.7. The smallest absolute Gasteiger partial charge is 0.230 e. The van der Waals surface area contributed by atoms with Crippen LogP contribution in [0.25, 0.3) is 0 Å². The third-order valence-corrected chi connectivity index (χ3v) is 2.85. The molecule has 0 amide bonds. The second-order valence-electron chi connectivity index (χ2n) is 3.84. The monoisotopic (exact) mass is 274 g/mol. The van der Waals surface area contributed by atoms with Gasteiger partial charge in [0.1, 0.15) is 16.4 Å². The van der Waals surface area contributed by atoms with Crippen LogP contribution in [-0.4, -0.2) is 29.1 Å². The van der Waals surface area contributed by atoms with Crippen LogP contribution in [-0.2, 0) is 0 Å². The summed E-state index contributed by atoms with van der Waals surface area (Å²) < 4.78 is 5.32. The number of thiocarbonyl (C=S) groups is 1. The average molecular weight is 274 g/mol. The van der Waals surface area contributed by atoms with Crippen LogP contribution in [0.3, 0.4) is 0 Å². The number of ether oxygens (including phenoxy) is 1. The lowest BCUT2D eigenvalue weighted by Gasteiger charge is -2.19. The van der Waals surface area contributed by atoms with E-state index in [1.165, 1.54) is 0 Å². The topological polar surface area (TPSA) is 64.3 Å². The van der Waals surface area contributed by atoms with Crippen molar-refractivity contribution in [3.63, 3.8) is 0 Å². The summed E-state index contributed by atoms with van der Waals surface area (Å²) in [5, 5.41) is 0. The van der Waals surface area contributed by atoms with Crippen molar-refractivity contribution in [1.82, 2.24) is 9.97 Å². The highest BCUT2D eigenvalue weighted by Crippen LogP contribution is 2.30. The SMILES string of the molecule is COc1ccccc1N(C)c1nccc(C(N)=S)n1. The number of hydrogen-bond acceptors (Lipinski definition) is 5. The zero-order valence-corrected chi connectivity index (χ0v) is 11.5. The molecule has 2 rings (SSSR count). The van der Waals surface area contributed by atoms with Gasteiger partial charge in [-0.1, -0.05) is 24.4 Å². The molecule has 0 radical (unpaired) electrons. The molecule has 98 valence electrons. The first-order chi connectivity index (χ1) is 9.13. The van der Waals surface area contributed by atoms with E-state index in [9.17, 15) is 0 Å². The molecule has 0 bridgehead atoms. The molecule has 1 aromatic heterocycles. The Morgan fingerprint density at radius 3 is 2.74 bits per heavy atom. The molecule has 0 aliphatic carbocycles. The molecule has 1 aromatic carbocycles. The Morgan fingerprint density at radius 2 is 2.05 bits per heavy atom. The molecule has 0 fully saturated rings. The fourth-order valence-electron chi connectivity index (χ4n) is 1.66. The van der Waals surface area contributed by atoms with Gasteiger partial charge in [0.15, 0.2) is 0 Å². The van der Waals surface area contributed by atoms with Crippen molar-refractivity contribution in [3.8, 4) is 5.75 Å². The van der Waals surface area contributed by atoms with Crippen LogP contribution in [0.5, 0.6) is 5.75 Å². The van der Waals surface area contributed by atoms with Gasteiger partial charge in [0.25, 0.3) is 0 Å². The Balaban J connectivity index is 2.41. The predicted octanol–water partition coefficient (Wildman–Crippen LogP) is 1.89. The molecular weight excluding hydrogens is 260 g/mol. The number of methoxy groups -OCH3 is 1. The third kappa shape index (κ3) is 2.79. The van der Waals surface area contributed by atoms with Crippen molar-refractivity contribution in [2.45, 2.75) is 0 Å². The van der Waals surface area contributed by atoms with Crippen molar-refractivity contribution in [2.24, 2.45) is 5.73 Å². The number of nitrogens with zero attached hydrogens (tertiary/aromatic N) is 3. The van der Waals surface area contributed by atoms with Crippen LogP contribution < -0.4 is 15.4 Å². The van der Waals surface area contributed by atoms with Crippen LogP contribution in [0.15, 0.2) is 36.5 Å². The van der Waals surface area contributed by atoms with Crippen molar-refractivity contribution in [2.75, 3.05) is 19.1 Å². The fourth-order valence-corrected chi connectivity index (χ4v) is 1.78. The summed E-state index contributed by atoms with van der Waals surface area (Å²) in [4.78, 5) is 10.6. The lowest BCUT2D eigenvalue weighted by Crippen LogP contribution is -2.18. The van der Waals surface area contributed by atoms with E-state index in [1.54, 1.807) is 19.4 Å². The van der Waals surface area contributed by atoms with E-state index in [1.807, 2.05) is 36.2 Å². The van der Waals surface area contributed by atoms with E-state index in [2.05, 4.69) is 9.97 Å². The average Bonchev–Trinajstić information content (AvgIpc) is 2.46. The third-order valence-electron chi connectivity index (χ3n) is 2.64. The van der Waals surface area contributed by atoms with Gasteiger partial charge in [-0.15, -0.1) is 0 Å². The number of hydrogen-bond donors (Lipinski definition) is 1. The molecular formula is C13H14N4OS. The zero-order chi connectivity index (χ0) is 13.8. The Kier molecular flexibility index (Phi) is 3.91. The lowest BCUT2D eigenvalue weighted by molar-refractivity contribution is 0.415. The minimum absolute atomic E-state index is 0.247. The van der Waals surface area contributed by atoms with Crippen LogP contribution in [0, 0.1) is 0 Å². The molecule has 0 saturated heterocycles. The Bertz CT molecular complexity index is 603. The predicted molar refractivity (Wildman–Crippen MR) is 79.0 cm³/mol. The van der Waals surface area contributed by atoms with Gasteiger partial charge in [-0.25, -0.2) is 9.97 Å². The molecule has 0 spiro atoms. The van der Waals surface area contributed by atoms with Crippen molar-refractivity contribution in [1.29, 1.82) is 0 Å². The molecule has 0 unspecified atom stereocenters. The van der Waals surface area contributed by atoms with Crippen molar-refractivity contribution in [3.05, 3.63) is 42.2 Å². The molecule has 0 saturated carbocycles. The highest BCUT2D eigenvalue weighted by Gasteiger charge is 2.12. The standard InChI is InChI=1S/C13H14N4OS/c1-17(10-5-3-4-6-11(10)18-2)13-15-8-7-9(16-13)12(14)19/h3-8H,1-2H3,(H2,14,19). The summed E-state index contributed by atoms with van der Waals surface area (Å²) in [6, 6.07) is 9.31. The summed E-state index contributed by atoms with van der Waals surface area (Å²) >= 11 is 4.92. The molecule has 0 aliphatic rings. The first-order valence-electron chi connectivity index (χ1n) is 5.63. The maximum atomic E-state index is 5.58. The van der Waals surface area contributed by atoms with Crippen molar-refractivity contribution < 1.29 is 4.74 Å². The molecule has 1 heterocycles. The van der Waals surface area contributed by atoms with E-state index in [0.717, 1.165) is 11.4 Å². The minimum atomic E-state index is 0.247. The number of aromatic nitrogens is 2. The highest BCUT2D eigenvalue weighted by molar-refractivity contribution is 7.80. The molecule has 2 N–H and O–H groups in total. The molecule has 2 aromatic rings. The number of anilines is 2. The van der Waals surface area contributed by atoms with Crippen LogP contribution >= 0.6 is 12.2 Å². The first-order valence-corrected chi connectivity index (χ1v) is 6.04. The Hall–Kier alpha value is -2.21. The summed E-state index contributed by atoms with van der Waals surface area (Å²) in [5.74, 6) is 1.25. The summed E-state index contributed by atoms with van der Waals surface area (Å²) in [6.45, 7) is 0. The molecule has 19 heavy (non-hydrogen) atoms. The normalized spacial score (nSPS) is 10.0. The second kappa shape index (κ2) is 5.62. The Morgan fingerprint density at radius 1 is 1.32 bits per heavy atom. The van der Waals surface area contributed by atoms with Crippen LogP contribution in [0.2, 0.25) is 0 Å². The van der Waals surface area contributed by atoms with Crippen LogP contribution in [0.1, 0.15) is 5.69 Å². The van der Waals surface area contributed by atoms with Gasteiger partial charge in [-0.05, 0) is 18.2 Å². The summed E-state index contributed by atoms with van der Waals surface area (Å²) in [6.07, 6.45) is 1.63. The van der Waals surface area contributed by atoms with Gasteiger partial charge < -0.3 is 15.4 Å². The van der Waals surface area contributed by atoms with Gasteiger partial charge in [0.2, 0.25) is 5.95 Å². The maximum absolute atomic E-state index is 5.58. The van der Waals surface area contributed by atoms with E-state index in [0.29, 0.717) is 11.6 Å². The van der Waals surface area contributed by atoms with Gasteiger partial charge in [0.05, 0.1) is 12.8 Å². The molecule has 0 aliphatic heterocycles. The summed E-state index contributed by atoms with van der Waals surface area (Å²) in [5.41, 5.74) is 6.98. The summed E-state index contributed by atoms with van der Waals surface area (Å²) in [7, 11) is 3.48. The Labute approximate surface area is 117 Å². The minimum Gasteiger partial charge on any atom is -0.495 e. The van der Waals surface area contributed by atoms with Gasteiger partial charge >= 0.3 is 0 Å². The van der Waals surface area contributed by atoms with Crippen LogP contribution in [0.4, 0.5) is 11.6 Å². The molecule has 6 heteroatoms. The first kappa shape index (κ1) is 13.2. The number of benzene rings is 1. The lowest BCUT2D eigenvalue weighted by atomic mass is 10.3. The number of para-hydroxylation sites is 2. The maximum Gasteiger partial charge on any atom is 0.230 e. The number of nitrogens with two attached hydrogens (primary N) is 1.